The lowest BCUT2D eigenvalue weighted by Crippen LogP contribution is -2.53. The molecule has 0 bridgehead atoms. The van der Waals surface area contributed by atoms with Gasteiger partial charge in [0.1, 0.15) is 12.6 Å². The summed E-state index contributed by atoms with van der Waals surface area (Å²) in [5, 5.41) is 2.99. The summed E-state index contributed by atoms with van der Waals surface area (Å²) in [5.74, 6) is -0.730. The molecule has 0 aliphatic carbocycles. The molecule has 0 aliphatic heterocycles. The summed E-state index contributed by atoms with van der Waals surface area (Å²) in [6.07, 6.45) is 3.11. The fraction of sp³-hybridized carbons (Fsp3) is 0.333. The quantitative estimate of drug-likeness (QED) is 0.272. The molecule has 3 aromatic rings. The minimum atomic E-state index is -3.82. The van der Waals surface area contributed by atoms with Crippen LogP contribution in [-0.4, -0.2) is 50.5 Å². The first kappa shape index (κ1) is 30.4. The standard InChI is InChI=1S/C30H36BrN3O4S/c1-4-5-19-32-30(36)28(20-24-14-7-6-8-15-24)33(21-25-16-10-9-13-23(25)2)29(35)22-34(39(3,37)38)27-18-12-11-17-26(27)31/h6-18,28H,4-5,19-22H2,1-3H3,(H,32,36)/t28-/m1/s1. The maximum atomic E-state index is 14.1. The molecule has 7 nitrogen and oxygen atoms in total. The second kappa shape index (κ2) is 14.3. The predicted octanol–water partition coefficient (Wildman–Crippen LogP) is 5.08. The third-order valence-electron chi connectivity index (χ3n) is 6.50. The van der Waals surface area contributed by atoms with Crippen molar-refractivity contribution in [3.05, 3.63) is 100 Å². The summed E-state index contributed by atoms with van der Waals surface area (Å²) in [6, 6.07) is 23.2. The van der Waals surface area contributed by atoms with Gasteiger partial charge in [-0.15, -0.1) is 0 Å². The van der Waals surface area contributed by atoms with Crippen molar-refractivity contribution in [3.8, 4) is 0 Å². The smallest absolute Gasteiger partial charge is 0.244 e. The number of hydrogen-bond acceptors (Lipinski definition) is 4. The number of hydrogen-bond donors (Lipinski definition) is 1. The van der Waals surface area contributed by atoms with Crippen LogP contribution in [0, 0.1) is 6.92 Å². The van der Waals surface area contributed by atoms with Crippen LogP contribution in [0.25, 0.3) is 0 Å². The Hall–Kier alpha value is -3.17. The zero-order chi connectivity index (χ0) is 28.4. The van der Waals surface area contributed by atoms with Crippen molar-refractivity contribution in [1.82, 2.24) is 10.2 Å². The van der Waals surface area contributed by atoms with Gasteiger partial charge in [0.05, 0.1) is 11.9 Å². The van der Waals surface area contributed by atoms with Gasteiger partial charge in [-0.05, 0) is 58.1 Å². The summed E-state index contributed by atoms with van der Waals surface area (Å²) < 4.78 is 27.4. The number of halogens is 1. The minimum absolute atomic E-state index is 0.164. The maximum absolute atomic E-state index is 14.1. The third-order valence-corrected chi connectivity index (χ3v) is 8.30. The molecule has 1 N–H and O–H groups in total. The number of aryl methyl sites for hydroxylation is 1. The van der Waals surface area contributed by atoms with Gasteiger partial charge in [0.25, 0.3) is 0 Å². The Labute approximate surface area is 240 Å². The number of carbonyl (C=O) groups excluding carboxylic acids is 2. The molecule has 3 aromatic carbocycles. The fourth-order valence-corrected chi connectivity index (χ4v) is 5.76. The van der Waals surface area contributed by atoms with Crippen molar-refractivity contribution < 1.29 is 18.0 Å². The van der Waals surface area contributed by atoms with Crippen LogP contribution in [0.15, 0.2) is 83.3 Å². The minimum Gasteiger partial charge on any atom is -0.354 e. The first-order chi connectivity index (χ1) is 18.6. The SMILES string of the molecule is CCCCNC(=O)[C@@H](Cc1ccccc1)N(Cc1ccccc1C)C(=O)CN(c1ccccc1Br)S(C)(=O)=O. The molecule has 1 atom stereocenters. The van der Waals surface area contributed by atoms with E-state index in [1.165, 1.54) is 4.90 Å². The number of carbonyl (C=O) groups is 2. The molecule has 208 valence electrons. The van der Waals surface area contributed by atoms with E-state index in [1.54, 1.807) is 24.3 Å². The molecule has 0 radical (unpaired) electrons. The highest BCUT2D eigenvalue weighted by molar-refractivity contribution is 9.10. The van der Waals surface area contributed by atoms with Gasteiger partial charge in [0.15, 0.2) is 0 Å². The van der Waals surface area contributed by atoms with Crippen molar-refractivity contribution >= 4 is 43.5 Å². The molecule has 0 saturated heterocycles. The molecule has 9 heteroatoms. The highest BCUT2D eigenvalue weighted by Crippen LogP contribution is 2.28. The van der Waals surface area contributed by atoms with Gasteiger partial charge in [-0.1, -0.05) is 80.1 Å². The van der Waals surface area contributed by atoms with E-state index in [4.69, 9.17) is 0 Å². The second-order valence-electron chi connectivity index (χ2n) is 9.52. The maximum Gasteiger partial charge on any atom is 0.244 e. The van der Waals surface area contributed by atoms with E-state index in [0.29, 0.717) is 23.1 Å². The Morgan fingerprint density at radius 2 is 1.59 bits per heavy atom. The molecule has 3 rings (SSSR count). The molecule has 0 saturated carbocycles. The zero-order valence-electron chi connectivity index (χ0n) is 22.6. The van der Waals surface area contributed by atoms with E-state index in [-0.39, 0.29) is 12.5 Å². The number of amides is 2. The largest absolute Gasteiger partial charge is 0.354 e. The molecule has 0 aliphatic rings. The Bertz CT molecular complexity index is 1370. The Kier molecular flexibility index (Phi) is 11.1. The van der Waals surface area contributed by atoms with Crippen molar-refractivity contribution in [2.75, 3.05) is 23.7 Å². The number of nitrogens with one attached hydrogen (secondary N) is 1. The van der Waals surface area contributed by atoms with Gasteiger partial charge in [0, 0.05) is 24.0 Å². The highest BCUT2D eigenvalue weighted by atomic mass is 79.9. The molecule has 0 spiro atoms. The summed E-state index contributed by atoms with van der Waals surface area (Å²) in [7, 11) is -3.82. The topological polar surface area (TPSA) is 86.8 Å². The molecule has 2 amide bonds. The van der Waals surface area contributed by atoms with Crippen LogP contribution in [0.3, 0.4) is 0 Å². The van der Waals surface area contributed by atoms with Crippen LogP contribution in [0.2, 0.25) is 0 Å². The van der Waals surface area contributed by atoms with Crippen LogP contribution < -0.4 is 9.62 Å². The first-order valence-corrected chi connectivity index (χ1v) is 15.6. The van der Waals surface area contributed by atoms with E-state index in [0.717, 1.165) is 40.1 Å². The second-order valence-corrected chi connectivity index (χ2v) is 12.3. The van der Waals surface area contributed by atoms with E-state index < -0.39 is 28.5 Å². The van der Waals surface area contributed by atoms with Crippen LogP contribution in [0.5, 0.6) is 0 Å². The van der Waals surface area contributed by atoms with Crippen molar-refractivity contribution in [1.29, 1.82) is 0 Å². The van der Waals surface area contributed by atoms with Gasteiger partial charge in [0.2, 0.25) is 21.8 Å². The van der Waals surface area contributed by atoms with Crippen LogP contribution in [0.4, 0.5) is 5.69 Å². The normalized spacial score (nSPS) is 12.0. The van der Waals surface area contributed by atoms with Gasteiger partial charge >= 0.3 is 0 Å². The molecular weight excluding hydrogens is 578 g/mol. The molecule has 39 heavy (non-hydrogen) atoms. The molecule has 0 heterocycles. The third kappa shape index (κ3) is 8.66. The number of anilines is 1. The van der Waals surface area contributed by atoms with E-state index in [9.17, 15) is 18.0 Å². The van der Waals surface area contributed by atoms with E-state index >= 15 is 0 Å². The van der Waals surface area contributed by atoms with Gasteiger partial charge in [-0.25, -0.2) is 8.42 Å². The molecular formula is C30H36BrN3O4S. The van der Waals surface area contributed by atoms with Crippen molar-refractivity contribution in [3.63, 3.8) is 0 Å². The number of rotatable bonds is 13. The highest BCUT2D eigenvalue weighted by Gasteiger charge is 2.33. The number of unbranched alkanes of at least 4 members (excludes halogenated alkanes) is 1. The van der Waals surface area contributed by atoms with Gasteiger partial charge in [-0.3, -0.25) is 13.9 Å². The predicted molar refractivity (Wildman–Crippen MR) is 160 cm³/mol. The summed E-state index contributed by atoms with van der Waals surface area (Å²) in [6.45, 7) is 4.22. The molecule has 0 aromatic heterocycles. The Morgan fingerprint density at radius 1 is 0.949 bits per heavy atom. The summed E-state index contributed by atoms with van der Waals surface area (Å²) in [4.78, 5) is 29.2. The van der Waals surface area contributed by atoms with Crippen molar-refractivity contribution in [2.45, 2.75) is 45.7 Å². The number of sulfonamides is 1. The average molecular weight is 615 g/mol. The lowest BCUT2D eigenvalue weighted by molar-refractivity contribution is -0.140. The van der Waals surface area contributed by atoms with Crippen LogP contribution in [0.1, 0.15) is 36.5 Å². The number of nitrogens with zero attached hydrogens (tertiary/aromatic N) is 2. The number of benzene rings is 3. The molecule has 0 unspecified atom stereocenters. The summed E-state index contributed by atoms with van der Waals surface area (Å²) >= 11 is 3.42. The monoisotopic (exact) mass is 613 g/mol. The fourth-order valence-electron chi connectivity index (χ4n) is 4.28. The van der Waals surface area contributed by atoms with Crippen molar-refractivity contribution in [2.24, 2.45) is 0 Å². The first-order valence-electron chi connectivity index (χ1n) is 13.0. The number of para-hydroxylation sites is 1. The van der Waals surface area contributed by atoms with Crippen LogP contribution >= 0.6 is 15.9 Å². The lowest BCUT2D eigenvalue weighted by atomic mass is 10.0. The van der Waals surface area contributed by atoms with Crippen LogP contribution in [-0.2, 0) is 32.6 Å². The zero-order valence-corrected chi connectivity index (χ0v) is 25.0. The van der Waals surface area contributed by atoms with Gasteiger partial charge in [-0.2, -0.15) is 0 Å². The Morgan fingerprint density at radius 3 is 2.23 bits per heavy atom. The lowest BCUT2D eigenvalue weighted by Gasteiger charge is -2.34. The van der Waals surface area contributed by atoms with Gasteiger partial charge < -0.3 is 10.2 Å². The Balaban J connectivity index is 2.05. The molecule has 0 fully saturated rings. The van der Waals surface area contributed by atoms with E-state index in [1.807, 2.05) is 68.4 Å². The summed E-state index contributed by atoms with van der Waals surface area (Å²) in [5.41, 5.74) is 3.13. The van der Waals surface area contributed by atoms with E-state index in [2.05, 4.69) is 21.2 Å². The average Bonchev–Trinajstić information content (AvgIpc) is 2.90.